The van der Waals surface area contributed by atoms with Crippen molar-refractivity contribution in [2.75, 3.05) is 5.32 Å². The Labute approximate surface area is 144 Å². The van der Waals surface area contributed by atoms with Crippen LogP contribution in [0.2, 0.25) is 5.02 Å². The Morgan fingerprint density at radius 2 is 2.20 bits per heavy atom. The molecule has 2 aromatic heterocycles. The number of carbonyl (C=O) groups is 1. The maximum atomic E-state index is 12.3. The summed E-state index contributed by atoms with van der Waals surface area (Å²) >= 11 is 5.93. The van der Waals surface area contributed by atoms with E-state index in [1.807, 2.05) is 0 Å². The fourth-order valence-corrected chi connectivity index (χ4v) is 2.41. The van der Waals surface area contributed by atoms with Crippen LogP contribution in [0.25, 0.3) is 11.0 Å². The van der Waals surface area contributed by atoms with Crippen LogP contribution >= 0.6 is 11.6 Å². The van der Waals surface area contributed by atoms with E-state index in [1.54, 1.807) is 7.05 Å². The monoisotopic (exact) mass is 362 g/mol. The summed E-state index contributed by atoms with van der Waals surface area (Å²) in [6, 6.07) is 3.68. The summed E-state index contributed by atoms with van der Waals surface area (Å²) in [5, 5.41) is 17.6. The van der Waals surface area contributed by atoms with Gasteiger partial charge in [0.15, 0.2) is 5.65 Å². The second-order valence-electron chi connectivity index (χ2n) is 5.15. The number of amides is 1. The molecule has 0 aliphatic carbocycles. The molecule has 0 bridgehead atoms. The van der Waals surface area contributed by atoms with Crippen molar-refractivity contribution < 1.29 is 9.72 Å². The summed E-state index contributed by atoms with van der Waals surface area (Å²) < 4.78 is 2.56. The highest BCUT2D eigenvalue weighted by atomic mass is 35.5. The molecule has 0 saturated heterocycles. The molecule has 0 spiro atoms. The minimum absolute atomic E-state index is 0.0873. The lowest BCUT2D eigenvalue weighted by molar-refractivity contribution is -0.384. The zero-order valence-corrected chi connectivity index (χ0v) is 13.6. The fraction of sp³-hybridized carbons (Fsp3) is 0.143. The number of aromatic nitrogens is 4. The Kier molecular flexibility index (Phi) is 4.19. The molecule has 1 N–H and O–H groups in total. The van der Waals surface area contributed by atoms with Crippen LogP contribution in [0.3, 0.4) is 0 Å². The minimum Gasteiger partial charge on any atom is -0.323 e. The summed E-state index contributed by atoms with van der Waals surface area (Å²) in [7, 11) is 1.65. The number of rotatable bonds is 4. The number of nitrogens with one attached hydrogen (secondary N) is 1. The van der Waals surface area contributed by atoms with Gasteiger partial charge in [0.25, 0.3) is 11.2 Å². The van der Waals surface area contributed by atoms with Crippen LogP contribution in [0.5, 0.6) is 0 Å². The number of hydrogen-bond acceptors (Lipinski definition) is 6. The number of carbonyl (C=O) groups excluding carboxylic acids is 1. The second kappa shape index (κ2) is 6.32. The van der Waals surface area contributed by atoms with Gasteiger partial charge in [0.05, 0.1) is 21.8 Å². The molecule has 25 heavy (non-hydrogen) atoms. The molecule has 2 heterocycles. The first-order chi connectivity index (χ1) is 11.9. The third-order valence-corrected chi connectivity index (χ3v) is 3.80. The summed E-state index contributed by atoms with van der Waals surface area (Å²) in [6.07, 6.45) is 2.61. The van der Waals surface area contributed by atoms with Crippen LogP contribution in [0, 0.1) is 10.1 Å². The number of halogens is 1. The van der Waals surface area contributed by atoms with Gasteiger partial charge in [-0.2, -0.15) is 5.10 Å². The molecule has 0 unspecified atom stereocenters. The van der Waals surface area contributed by atoms with Gasteiger partial charge in [-0.1, -0.05) is 11.6 Å². The van der Waals surface area contributed by atoms with Crippen molar-refractivity contribution in [3.05, 3.63) is 56.2 Å². The Morgan fingerprint density at radius 3 is 2.92 bits per heavy atom. The van der Waals surface area contributed by atoms with Gasteiger partial charge in [0.2, 0.25) is 5.91 Å². The smallest absolute Gasteiger partial charge is 0.271 e. The Morgan fingerprint density at radius 1 is 1.44 bits per heavy atom. The van der Waals surface area contributed by atoms with Gasteiger partial charge in [-0.25, -0.2) is 4.98 Å². The number of nitrogens with zero attached hydrogens (tertiary/aromatic N) is 5. The van der Waals surface area contributed by atoms with E-state index in [-0.39, 0.29) is 28.3 Å². The van der Waals surface area contributed by atoms with Gasteiger partial charge in [-0.3, -0.25) is 29.0 Å². The van der Waals surface area contributed by atoms with Gasteiger partial charge in [-0.05, 0) is 6.07 Å². The van der Waals surface area contributed by atoms with Gasteiger partial charge < -0.3 is 5.32 Å². The molecule has 0 fully saturated rings. The molecule has 0 radical (unpaired) electrons. The molecule has 0 aliphatic rings. The highest BCUT2D eigenvalue weighted by Gasteiger charge is 2.14. The molecular formula is C14H11ClN6O4. The Hall–Kier alpha value is -3.27. The molecule has 10 nitrogen and oxygen atoms in total. The molecule has 128 valence electrons. The second-order valence-corrected chi connectivity index (χ2v) is 5.56. The standard InChI is InChI=1S/C14H11ClN6O4/c1-19-13-9(5-17-19)14(23)20(7-16-13)6-12(22)18-11-4-8(21(24)25)2-3-10(11)15/h2-5,7H,6H2,1H3,(H,18,22). The Balaban J connectivity index is 1.84. The number of anilines is 1. The molecule has 0 aliphatic heterocycles. The van der Waals surface area contributed by atoms with Crippen molar-refractivity contribution in [3.8, 4) is 0 Å². The molecule has 3 rings (SSSR count). The maximum Gasteiger partial charge on any atom is 0.271 e. The summed E-state index contributed by atoms with van der Waals surface area (Å²) in [6.45, 7) is -0.324. The van der Waals surface area contributed by atoms with Crippen LogP contribution in [0.4, 0.5) is 11.4 Å². The zero-order chi connectivity index (χ0) is 18.1. The first-order valence-electron chi connectivity index (χ1n) is 6.98. The number of nitro groups is 1. The van der Waals surface area contributed by atoms with Crippen LogP contribution in [0.1, 0.15) is 0 Å². The van der Waals surface area contributed by atoms with E-state index in [2.05, 4.69) is 15.4 Å². The number of aryl methyl sites for hydroxylation is 1. The minimum atomic E-state index is -0.600. The van der Waals surface area contributed by atoms with E-state index in [4.69, 9.17) is 11.6 Å². The summed E-state index contributed by atoms with van der Waals surface area (Å²) in [4.78, 5) is 38.8. The molecular weight excluding hydrogens is 352 g/mol. The molecule has 3 aromatic rings. The van der Waals surface area contributed by atoms with Gasteiger partial charge in [-0.15, -0.1) is 0 Å². The lowest BCUT2D eigenvalue weighted by Crippen LogP contribution is -2.28. The molecule has 1 aromatic carbocycles. The zero-order valence-electron chi connectivity index (χ0n) is 12.8. The number of fused-ring (bicyclic) bond motifs is 1. The quantitative estimate of drug-likeness (QED) is 0.551. The van der Waals surface area contributed by atoms with Gasteiger partial charge in [0.1, 0.15) is 18.3 Å². The number of benzene rings is 1. The highest BCUT2D eigenvalue weighted by Crippen LogP contribution is 2.26. The number of hydrogen-bond donors (Lipinski definition) is 1. The number of nitro benzene ring substituents is 1. The first kappa shape index (κ1) is 16.6. The predicted octanol–water partition coefficient (Wildman–Crippen LogP) is 1.33. The molecule has 1 amide bonds. The van der Waals surface area contributed by atoms with Crippen LogP contribution < -0.4 is 10.9 Å². The molecule has 11 heteroatoms. The normalized spacial score (nSPS) is 10.8. The fourth-order valence-electron chi connectivity index (χ4n) is 2.25. The van der Waals surface area contributed by atoms with E-state index in [0.717, 1.165) is 10.6 Å². The van der Waals surface area contributed by atoms with Crippen LogP contribution in [-0.2, 0) is 18.4 Å². The lowest BCUT2D eigenvalue weighted by Gasteiger charge is -2.08. The molecule has 0 saturated carbocycles. The van der Waals surface area contributed by atoms with Crippen LogP contribution in [-0.4, -0.2) is 30.2 Å². The van der Waals surface area contributed by atoms with Crippen molar-refractivity contribution in [3.63, 3.8) is 0 Å². The predicted molar refractivity (Wildman–Crippen MR) is 89.5 cm³/mol. The first-order valence-corrected chi connectivity index (χ1v) is 7.35. The lowest BCUT2D eigenvalue weighted by atomic mass is 10.2. The van der Waals surface area contributed by atoms with E-state index in [0.29, 0.717) is 5.65 Å². The average Bonchev–Trinajstić information content (AvgIpc) is 2.94. The maximum absolute atomic E-state index is 12.3. The topological polar surface area (TPSA) is 125 Å². The van der Waals surface area contributed by atoms with Crippen molar-refractivity contribution >= 4 is 39.9 Å². The van der Waals surface area contributed by atoms with Gasteiger partial charge in [0, 0.05) is 19.2 Å². The Bertz CT molecular complexity index is 1060. The number of non-ortho nitro benzene ring substituents is 1. The van der Waals surface area contributed by atoms with Crippen molar-refractivity contribution in [1.82, 2.24) is 19.3 Å². The van der Waals surface area contributed by atoms with Crippen molar-refractivity contribution in [1.29, 1.82) is 0 Å². The molecule has 0 atom stereocenters. The average molecular weight is 363 g/mol. The van der Waals surface area contributed by atoms with E-state index < -0.39 is 16.4 Å². The van der Waals surface area contributed by atoms with Crippen molar-refractivity contribution in [2.45, 2.75) is 6.54 Å². The summed E-state index contributed by atoms with van der Waals surface area (Å²) in [5.41, 5.74) is -0.138. The van der Waals surface area contributed by atoms with E-state index in [9.17, 15) is 19.7 Å². The summed E-state index contributed by atoms with van der Waals surface area (Å²) in [5.74, 6) is -0.575. The third kappa shape index (κ3) is 3.19. The highest BCUT2D eigenvalue weighted by molar-refractivity contribution is 6.33. The largest absolute Gasteiger partial charge is 0.323 e. The van der Waals surface area contributed by atoms with Crippen LogP contribution in [0.15, 0.2) is 35.5 Å². The van der Waals surface area contributed by atoms with E-state index >= 15 is 0 Å². The van der Waals surface area contributed by atoms with Gasteiger partial charge >= 0.3 is 0 Å². The van der Waals surface area contributed by atoms with E-state index in [1.165, 1.54) is 29.3 Å². The third-order valence-electron chi connectivity index (χ3n) is 3.47. The SMILES string of the molecule is Cn1ncc2c(=O)n(CC(=O)Nc3cc([N+](=O)[O-])ccc3Cl)cnc21. The van der Waals surface area contributed by atoms with Crippen molar-refractivity contribution in [2.24, 2.45) is 7.05 Å².